The van der Waals surface area contributed by atoms with E-state index in [0.717, 1.165) is 6.20 Å². The fraction of sp³-hybridized carbons (Fsp3) is 0.143. The van der Waals surface area contributed by atoms with Crippen molar-refractivity contribution in [3.8, 4) is 0 Å². The molecule has 0 amide bonds. The molecule has 0 atom stereocenters. The molecule has 0 N–H and O–H groups in total. The molecule has 0 bridgehead atoms. The molecule has 1 aromatic heterocycles. The number of nitrogens with zero attached hydrogens (tertiary/aromatic N) is 2. The maximum Gasteiger partial charge on any atom is 0.373 e. The molecule has 0 aromatic carbocycles. The van der Waals surface area contributed by atoms with Crippen LogP contribution in [0.3, 0.4) is 0 Å². The fourth-order valence-corrected chi connectivity index (χ4v) is 1.67. The van der Waals surface area contributed by atoms with E-state index >= 15 is 0 Å². The molecule has 1 rings (SSSR count). The third-order valence-electron chi connectivity index (χ3n) is 1.57. The third kappa shape index (κ3) is 2.25. The number of carbonyl (C=O) groups excluding carboxylic acids is 1. The zero-order valence-electron chi connectivity index (χ0n) is 6.99. The predicted molar refractivity (Wildman–Crippen MR) is 54.0 cm³/mol. The van der Waals surface area contributed by atoms with Crippen molar-refractivity contribution in [1.82, 2.24) is 4.98 Å². The van der Waals surface area contributed by atoms with E-state index < -0.39 is 22.7 Å². The summed E-state index contributed by atoms with van der Waals surface area (Å²) >= 11 is 1.46. The van der Waals surface area contributed by atoms with Crippen LogP contribution in [-0.2, 0) is 0 Å². The highest BCUT2D eigenvalue weighted by atomic mass is 127. The molecule has 80 valence electrons. The van der Waals surface area contributed by atoms with E-state index in [-0.39, 0.29) is 9.13 Å². The van der Waals surface area contributed by atoms with Gasteiger partial charge in [0.15, 0.2) is 12.5 Å². The number of pyridine rings is 1. The molecule has 15 heavy (non-hydrogen) atoms. The van der Waals surface area contributed by atoms with E-state index in [2.05, 4.69) is 4.98 Å². The van der Waals surface area contributed by atoms with Crippen LogP contribution in [0.4, 0.5) is 14.6 Å². The summed E-state index contributed by atoms with van der Waals surface area (Å²) in [7, 11) is 0. The first-order valence-corrected chi connectivity index (χ1v) is 4.63. The maximum absolute atomic E-state index is 12.5. The quantitative estimate of drug-likeness (QED) is 0.369. The lowest BCUT2D eigenvalue weighted by molar-refractivity contribution is -0.391. The van der Waals surface area contributed by atoms with Crippen molar-refractivity contribution in [1.29, 1.82) is 0 Å². The zero-order valence-corrected chi connectivity index (χ0v) is 9.14. The average molecular weight is 328 g/mol. The summed E-state index contributed by atoms with van der Waals surface area (Å²) in [6.07, 6.45) is -1.81. The second-order valence-electron chi connectivity index (χ2n) is 2.44. The van der Waals surface area contributed by atoms with Gasteiger partial charge in [-0.25, -0.2) is 8.78 Å². The fourth-order valence-electron chi connectivity index (χ4n) is 0.932. The molecule has 8 heteroatoms. The van der Waals surface area contributed by atoms with Gasteiger partial charge in [0.05, 0.1) is 5.56 Å². The van der Waals surface area contributed by atoms with Crippen LogP contribution < -0.4 is 0 Å². The zero-order chi connectivity index (χ0) is 11.6. The van der Waals surface area contributed by atoms with Gasteiger partial charge in [0.2, 0.25) is 0 Å². The minimum absolute atomic E-state index is 0.0866. The normalized spacial score (nSPS) is 10.4. The lowest BCUT2D eigenvalue weighted by atomic mass is 10.2. The number of hydrogen-bond acceptors (Lipinski definition) is 4. The summed E-state index contributed by atoms with van der Waals surface area (Å²) in [5, 5.41) is 10.4. The van der Waals surface area contributed by atoms with Crippen molar-refractivity contribution in [3.63, 3.8) is 0 Å². The summed E-state index contributed by atoms with van der Waals surface area (Å²) in [4.78, 5) is 23.0. The second-order valence-corrected chi connectivity index (χ2v) is 3.52. The number of hydrogen-bond donors (Lipinski definition) is 0. The van der Waals surface area contributed by atoms with E-state index in [1.165, 1.54) is 22.6 Å². The van der Waals surface area contributed by atoms with Crippen molar-refractivity contribution < 1.29 is 18.5 Å². The Kier molecular flexibility index (Phi) is 3.61. The maximum atomic E-state index is 12.5. The van der Waals surface area contributed by atoms with Gasteiger partial charge in [-0.05, 0) is 32.5 Å². The van der Waals surface area contributed by atoms with Crippen LogP contribution in [0.15, 0.2) is 6.20 Å². The van der Waals surface area contributed by atoms with E-state index in [1.54, 1.807) is 0 Å². The Labute approximate surface area is 95.8 Å². The van der Waals surface area contributed by atoms with Crippen LogP contribution >= 0.6 is 22.6 Å². The molecule has 0 radical (unpaired) electrons. The molecule has 0 aliphatic carbocycles. The molecular weight excluding hydrogens is 325 g/mol. The molecule has 0 aliphatic heterocycles. The Morgan fingerprint density at radius 3 is 2.60 bits per heavy atom. The molecule has 0 saturated heterocycles. The highest BCUT2D eigenvalue weighted by molar-refractivity contribution is 14.1. The number of aldehydes is 1. The van der Waals surface area contributed by atoms with Crippen LogP contribution in [0.5, 0.6) is 0 Å². The highest BCUT2D eigenvalue weighted by Gasteiger charge is 2.28. The van der Waals surface area contributed by atoms with Crippen molar-refractivity contribution in [3.05, 3.63) is 31.0 Å². The van der Waals surface area contributed by atoms with Gasteiger partial charge in [0.1, 0.15) is 5.56 Å². The molecule has 1 aromatic rings. The minimum Gasteiger partial charge on any atom is -0.358 e. The van der Waals surface area contributed by atoms with Gasteiger partial charge in [-0.3, -0.25) is 4.79 Å². The SMILES string of the molecule is O=Cc1cnc([N+](=O)[O-])c(C(F)F)c1I. The summed E-state index contributed by atoms with van der Waals surface area (Å²) in [5.41, 5.74) is -0.901. The molecule has 0 spiro atoms. The number of aromatic nitrogens is 1. The van der Waals surface area contributed by atoms with Crippen molar-refractivity contribution in [2.75, 3.05) is 0 Å². The van der Waals surface area contributed by atoms with Gasteiger partial charge >= 0.3 is 5.82 Å². The molecule has 5 nitrogen and oxygen atoms in total. The van der Waals surface area contributed by atoms with E-state index in [0.29, 0.717) is 6.29 Å². The van der Waals surface area contributed by atoms with Gasteiger partial charge in [0.25, 0.3) is 6.43 Å². The average Bonchev–Trinajstić information content (AvgIpc) is 2.16. The van der Waals surface area contributed by atoms with Crippen LogP contribution in [0.25, 0.3) is 0 Å². The number of halogens is 3. The Balaban J connectivity index is 3.51. The van der Waals surface area contributed by atoms with Crippen LogP contribution in [0.2, 0.25) is 0 Å². The lowest BCUT2D eigenvalue weighted by Gasteiger charge is -2.04. The minimum atomic E-state index is -3.04. The Morgan fingerprint density at radius 2 is 2.20 bits per heavy atom. The van der Waals surface area contributed by atoms with E-state index in [9.17, 15) is 23.7 Å². The lowest BCUT2D eigenvalue weighted by Crippen LogP contribution is -2.04. The standard InChI is InChI=1S/C7H3F2IN2O3/c8-6(9)4-5(10)3(2-13)1-11-7(4)12(14)15/h1-2,6H. The first-order chi connectivity index (χ1) is 6.99. The smallest absolute Gasteiger partial charge is 0.358 e. The van der Waals surface area contributed by atoms with Crippen molar-refractivity contribution in [2.45, 2.75) is 6.43 Å². The largest absolute Gasteiger partial charge is 0.373 e. The van der Waals surface area contributed by atoms with E-state index in [1.807, 2.05) is 0 Å². The number of alkyl halides is 2. The Hall–Kier alpha value is -1.19. The molecule has 0 fully saturated rings. The summed E-state index contributed by atoms with van der Waals surface area (Å²) in [5.74, 6) is -0.917. The summed E-state index contributed by atoms with van der Waals surface area (Å²) in [6, 6.07) is 0. The molecule has 0 aliphatic rings. The molecule has 1 heterocycles. The first-order valence-electron chi connectivity index (χ1n) is 3.55. The van der Waals surface area contributed by atoms with Gasteiger partial charge in [-0.15, -0.1) is 0 Å². The van der Waals surface area contributed by atoms with Crippen molar-refractivity contribution in [2.24, 2.45) is 0 Å². The van der Waals surface area contributed by atoms with Gasteiger partial charge in [-0.2, -0.15) is 0 Å². The van der Waals surface area contributed by atoms with Gasteiger partial charge in [-0.1, -0.05) is 0 Å². The summed E-state index contributed by atoms with van der Waals surface area (Å²) in [6.45, 7) is 0. The van der Waals surface area contributed by atoms with Crippen LogP contribution in [-0.4, -0.2) is 16.2 Å². The van der Waals surface area contributed by atoms with Gasteiger partial charge in [0, 0.05) is 3.57 Å². The molecular formula is C7H3F2IN2O3. The number of nitro groups is 1. The number of carbonyl (C=O) groups is 1. The summed E-state index contributed by atoms with van der Waals surface area (Å²) < 4.78 is 24.9. The second kappa shape index (κ2) is 4.55. The van der Waals surface area contributed by atoms with E-state index in [4.69, 9.17) is 0 Å². The Bertz CT molecular complexity index is 425. The molecule has 0 unspecified atom stereocenters. The topological polar surface area (TPSA) is 73.1 Å². The van der Waals surface area contributed by atoms with Crippen LogP contribution in [0.1, 0.15) is 22.3 Å². The first kappa shape index (κ1) is 11.9. The predicted octanol–water partition coefficient (Wildman–Crippen LogP) is 2.34. The Morgan fingerprint density at radius 1 is 1.60 bits per heavy atom. The molecule has 0 saturated carbocycles. The number of rotatable bonds is 3. The van der Waals surface area contributed by atoms with Crippen molar-refractivity contribution >= 4 is 34.7 Å². The monoisotopic (exact) mass is 328 g/mol. The highest BCUT2D eigenvalue weighted by Crippen LogP contribution is 2.32. The van der Waals surface area contributed by atoms with Gasteiger partial charge < -0.3 is 10.1 Å². The third-order valence-corrected chi connectivity index (χ3v) is 2.78. The van der Waals surface area contributed by atoms with Crippen LogP contribution in [0, 0.1) is 13.7 Å².